The molecule has 4 nitrogen and oxygen atoms in total. The fourth-order valence-corrected chi connectivity index (χ4v) is 3.95. The third kappa shape index (κ3) is 4.01. The van der Waals surface area contributed by atoms with Crippen LogP contribution in [-0.2, 0) is 12.0 Å². The molecule has 0 aliphatic heterocycles. The van der Waals surface area contributed by atoms with Crippen molar-refractivity contribution in [3.05, 3.63) is 62.9 Å². The Bertz CT molecular complexity index is 951. The molecule has 2 atom stereocenters. The molecule has 1 aliphatic carbocycles. The van der Waals surface area contributed by atoms with E-state index in [4.69, 9.17) is 23.2 Å². The van der Waals surface area contributed by atoms with Crippen LogP contribution in [0.25, 0.3) is 0 Å². The SMILES string of the molecule is C[C@@H](NC(=O)Nc1c(Cl)cc2c(c1Cl)CC[C@]2(O)C(F)(F)F)c1ccc(F)cc1. The van der Waals surface area contributed by atoms with Crippen molar-refractivity contribution in [1.82, 2.24) is 5.32 Å². The molecule has 0 heterocycles. The molecule has 0 spiro atoms. The number of halogens is 6. The predicted octanol–water partition coefficient (Wildman–Crippen LogP) is 5.71. The van der Waals surface area contributed by atoms with Gasteiger partial charge in [0.15, 0.2) is 5.60 Å². The van der Waals surface area contributed by atoms with Gasteiger partial charge in [-0.2, -0.15) is 13.2 Å². The molecular weight excluding hydrogens is 435 g/mol. The van der Waals surface area contributed by atoms with E-state index in [9.17, 15) is 27.5 Å². The van der Waals surface area contributed by atoms with Gasteiger partial charge >= 0.3 is 12.2 Å². The van der Waals surface area contributed by atoms with Crippen molar-refractivity contribution in [3.8, 4) is 0 Å². The number of rotatable bonds is 3. The number of carbonyl (C=O) groups is 1. The first-order valence-electron chi connectivity index (χ1n) is 8.57. The Morgan fingerprint density at radius 2 is 1.86 bits per heavy atom. The van der Waals surface area contributed by atoms with Crippen molar-refractivity contribution in [2.24, 2.45) is 0 Å². The Balaban J connectivity index is 1.82. The van der Waals surface area contributed by atoms with Gasteiger partial charge < -0.3 is 15.7 Å². The van der Waals surface area contributed by atoms with E-state index in [1.807, 2.05) is 0 Å². The molecule has 2 amide bonds. The standard InChI is InChI=1S/C19H16Cl2F4N2O2/c1-9(10-2-4-11(22)5-3-10)26-17(28)27-16-14(20)8-13-12(15(16)21)6-7-18(13,29)19(23,24)25/h2-5,8-9,29H,6-7H2,1H3,(H2,26,27,28)/t9-,18-/m1/s1. The molecule has 0 fully saturated rings. The summed E-state index contributed by atoms with van der Waals surface area (Å²) in [5.74, 6) is -0.416. The quantitative estimate of drug-likeness (QED) is 0.524. The lowest BCUT2D eigenvalue weighted by atomic mass is 9.95. The molecule has 0 bridgehead atoms. The van der Waals surface area contributed by atoms with Crippen LogP contribution in [0, 0.1) is 5.82 Å². The Kier molecular flexibility index (Phi) is 5.73. The highest BCUT2D eigenvalue weighted by molar-refractivity contribution is 6.40. The lowest BCUT2D eigenvalue weighted by molar-refractivity contribution is -0.265. The Morgan fingerprint density at radius 1 is 1.24 bits per heavy atom. The number of carbonyl (C=O) groups excluding carboxylic acids is 1. The molecule has 0 saturated carbocycles. The summed E-state index contributed by atoms with van der Waals surface area (Å²) in [6.45, 7) is 1.67. The van der Waals surface area contributed by atoms with Crippen molar-refractivity contribution in [2.75, 3.05) is 5.32 Å². The molecule has 29 heavy (non-hydrogen) atoms. The zero-order valence-corrected chi connectivity index (χ0v) is 16.5. The fourth-order valence-electron chi connectivity index (χ4n) is 3.30. The molecule has 10 heteroatoms. The molecule has 3 rings (SSSR count). The van der Waals surface area contributed by atoms with Crippen LogP contribution in [0.2, 0.25) is 10.0 Å². The highest BCUT2D eigenvalue weighted by atomic mass is 35.5. The van der Waals surface area contributed by atoms with Gasteiger partial charge in [0, 0.05) is 0 Å². The molecule has 2 aromatic carbocycles. The average Bonchev–Trinajstić information content (AvgIpc) is 2.97. The minimum Gasteiger partial charge on any atom is -0.376 e. The Labute approximate surface area is 173 Å². The molecule has 2 aromatic rings. The van der Waals surface area contributed by atoms with E-state index >= 15 is 0 Å². The molecular formula is C19H16Cl2F4N2O2. The van der Waals surface area contributed by atoms with Gasteiger partial charge in [-0.25, -0.2) is 9.18 Å². The van der Waals surface area contributed by atoms with Crippen molar-refractivity contribution < 1.29 is 27.5 Å². The molecule has 0 aromatic heterocycles. The van der Waals surface area contributed by atoms with Gasteiger partial charge in [0.25, 0.3) is 0 Å². The number of hydrogen-bond donors (Lipinski definition) is 3. The van der Waals surface area contributed by atoms with Gasteiger partial charge in [-0.3, -0.25) is 0 Å². The monoisotopic (exact) mass is 450 g/mol. The summed E-state index contributed by atoms with van der Waals surface area (Å²) >= 11 is 12.3. The number of nitrogens with one attached hydrogen (secondary N) is 2. The maximum absolute atomic E-state index is 13.3. The number of alkyl halides is 3. The maximum Gasteiger partial charge on any atom is 0.421 e. The molecule has 0 unspecified atom stereocenters. The zero-order valence-electron chi connectivity index (χ0n) is 15.0. The van der Waals surface area contributed by atoms with Gasteiger partial charge in [0.2, 0.25) is 0 Å². The molecule has 156 valence electrons. The van der Waals surface area contributed by atoms with Gasteiger partial charge in [-0.15, -0.1) is 0 Å². The van der Waals surface area contributed by atoms with Crippen LogP contribution in [0.1, 0.15) is 36.1 Å². The fraction of sp³-hybridized carbons (Fsp3) is 0.316. The number of amides is 2. The summed E-state index contributed by atoms with van der Waals surface area (Å²) in [5, 5.41) is 14.8. The Morgan fingerprint density at radius 3 is 2.45 bits per heavy atom. The summed E-state index contributed by atoms with van der Waals surface area (Å²) in [7, 11) is 0. The molecule has 1 aliphatic rings. The third-order valence-corrected chi connectivity index (χ3v) is 5.64. The maximum atomic E-state index is 13.3. The summed E-state index contributed by atoms with van der Waals surface area (Å²) in [4.78, 5) is 12.3. The van der Waals surface area contributed by atoms with Crippen LogP contribution in [0.15, 0.2) is 30.3 Å². The zero-order chi connectivity index (χ0) is 21.6. The van der Waals surface area contributed by atoms with Gasteiger partial charge in [0.1, 0.15) is 5.82 Å². The first-order chi connectivity index (χ1) is 13.4. The van der Waals surface area contributed by atoms with Crippen molar-refractivity contribution in [1.29, 1.82) is 0 Å². The second-order valence-corrected chi connectivity index (χ2v) is 7.59. The van der Waals surface area contributed by atoms with E-state index in [0.717, 1.165) is 6.07 Å². The van der Waals surface area contributed by atoms with Gasteiger partial charge in [-0.05, 0) is 54.7 Å². The van der Waals surface area contributed by atoms with Crippen molar-refractivity contribution >= 4 is 34.9 Å². The van der Waals surface area contributed by atoms with Crippen LogP contribution in [0.4, 0.5) is 28.0 Å². The lowest BCUT2D eigenvalue weighted by Crippen LogP contribution is -2.40. The highest BCUT2D eigenvalue weighted by Gasteiger charge is 2.58. The molecule has 0 saturated heterocycles. The summed E-state index contributed by atoms with van der Waals surface area (Å²) in [6, 6.07) is 5.30. The van der Waals surface area contributed by atoms with E-state index < -0.39 is 41.7 Å². The van der Waals surface area contributed by atoms with Gasteiger partial charge in [-0.1, -0.05) is 35.3 Å². The van der Waals surface area contributed by atoms with Crippen molar-refractivity contribution in [2.45, 2.75) is 37.6 Å². The van der Waals surface area contributed by atoms with Crippen molar-refractivity contribution in [3.63, 3.8) is 0 Å². The van der Waals surface area contributed by atoms with Gasteiger partial charge in [0.05, 0.1) is 21.8 Å². The predicted molar refractivity (Wildman–Crippen MR) is 102 cm³/mol. The number of anilines is 1. The second kappa shape index (κ2) is 7.66. The number of urea groups is 1. The minimum absolute atomic E-state index is 0.0534. The minimum atomic E-state index is -4.89. The number of fused-ring (bicyclic) bond motifs is 1. The van der Waals surface area contributed by atoms with E-state index in [2.05, 4.69) is 10.6 Å². The normalized spacial score (nSPS) is 19.6. The van der Waals surface area contributed by atoms with Crippen LogP contribution < -0.4 is 10.6 Å². The Hall–Kier alpha value is -2.03. The molecule has 3 N–H and O–H groups in total. The number of hydrogen-bond acceptors (Lipinski definition) is 2. The smallest absolute Gasteiger partial charge is 0.376 e. The largest absolute Gasteiger partial charge is 0.421 e. The summed E-state index contributed by atoms with van der Waals surface area (Å²) in [5.41, 5.74) is -2.78. The number of benzene rings is 2. The third-order valence-electron chi connectivity index (χ3n) is 4.93. The van der Waals surface area contributed by atoms with Crippen LogP contribution in [-0.4, -0.2) is 17.3 Å². The lowest BCUT2D eigenvalue weighted by Gasteiger charge is -2.27. The second-order valence-electron chi connectivity index (χ2n) is 6.80. The van der Waals surface area contributed by atoms with E-state index in [-0.39, 0.29) is 27.7 Å². The highest BCUT2D eigenvalue weighted by Crippen LogP contribution is 2.52. The first kappa shape index (κ1) is 21.7. The van der Waals surface area contributed by atoms with E-state index in [1.54, 1.807) is 6.92 Å². The van der Waals surface area contributed by atoms with E-state index in [1.165, 1.54) is 24.3 Å². The van der Waals surface area contributed by atoms with Crippen LogP contribution >= 0.6 is 23.2 Å². The van der Waals surface area contributed by atoms with Crippen LogP contribution in [0.5, 0.6) is 0 Å². The summed E-state index contributed by atoms with van der Waals surface area (Å²) < 4.78 is 52.9. The summed E-state index contributed by atoms with van der Waals surface area (Å²) in [6.07, 6.45) is -5.59. The average molecular weight is 451 g/mol. The van der Waals surface area contributed by atoms with E-state index in [0.29, 0.717) is 5.56 Å². The first-order valence-corrected chi connectivity index (χ1v) is 9.33. The molecule has 0 radical (unpaired) electrons. The number of aliphatic hydroxyl groups is 1. The topological polar surface area (TPSA) is 61.4 Å². The van der Waals surface area contributed by atoms with Crippen LogP contribution in [0.3, 0.4) is 0 Å².